The number of halogens is 2. The lowest BCUT2D eigenvalue weighted by atomic mass is 9.91. The highest BCUT2D eigenvalue weighted by Gasteiger charge is 2.35. The molecule has 0 N–H and O–H groups in total. The van der Waals surface area contributed by atoms with Crippen LogP contribution in [0.5, 0.6) is 0 Å². The molecule has 0 saturated heterocycles. The summed E-state index contributed by atoms with van der Waals surface area (Å²) in [5, 5.41) is 0. The number of hydrogen-bond donors (Lipinski definition) is 0. The van der Waals surface area contributed by atoms with Crippen LogP contribution in [-0.2, 0) is 0 Å². The van der Waals surface area contributed by atoms with E-state index < -0.39 is 0 Å². The van der Waals surface area contributed by atoms with Crippen molar-refractivity contribution in [2.24, 2.45) is 9.98 Å². The minimum atomic E-state index is 0.900. The van der Waals surface area contributed by atoms with Crippen LogP contribution in [0.4, 0.5) is 0 Å². The van der Waals surface area contributed by atoms with Crippen LogP contribution in [0.15, 0.2) is 90.0 Å². The molecule has 0 aliphatic carbocycles. The maximum Gasteiger partial charge on any atom is 0.0803 e. The van der Waals surface area contributed by atoms with E-state index in [9.17, 15) is 0 Å². The minimum Gasteiger partial charge on any atom is -0.251 e. The van der Waals surface area contributed by atoms with Crippen LogP contribution < -0.4 is 0 Å². The van der Waals surface area contributed by atoms with E-state index in [1.807, 2.05) is 0 Å². The maximum atomic E-state index is 5.19. The first kappa shape index (κ1) is 21.5. The van der Waals surface area contributed by atoms with Gasteiger partial charge < -0.3 is 0 Å². The lowest BCUT2D eigenvalue weighted by Crippen LogP contribution is -2.08. The zero-order valence-corrected chi connectivity index (χ0v) is 20.7. The number of aliphatic imine (C=N–C) groups is 2. The molecule has 4 rings (SSSR count). The van der Waals surface area contributed by atoms with Crippen molar-refractivity contribution in [2.45, 2.75) is 52.4 Å². The Labute approximate surface area is 196 Å². The molecule has 0 spiro atoms. The zero-order valence-electron chi connectivity index (χ0n) is 17.5. The number of hydrogen-bond acceptors (Lipinski definition) is 2. The molecule has 0 radical (unpaired) electrons. The third kappa shape index (κ3) is 4.31. The average Bonchev–Trinajstić information content (AvgIpc) is 3.31. The quantitative estimate of drug-likeness (QED) is 0.309. The Bertz CT molecular complexity index is 1010. The molecule has 2 aliphatic rings. The first-order valence-electron chi connectivity index (χ1n) is 10.8. The van der Waals surface area contributed by atoms with E-state index in [1.54, 1.807) is 0 Å². The molecular formula is C26H26Br2N2. The van der Waals surface area contributed by atoms with Gasteiger partial charge in [-0.3, -0.25) is 9.98 Å². The first-order valence-corrected chi connectivity index (χ1v) is 12.4. The van der Waals surface area contributed by atoms with Crippen LogP contribution in [0.1, 0.15) is 63.5 Å². The summed E-state index contributed by atoms with van der Waals surface area (Å²) < 4.78 is 2.17. The molecule has 0 atom stereocenters. The fourth-order valence-electron chi connectivity index (χ4n) is 4.08. The zero-order chi connectivity index (χ0) is 21.1. The second-order valence-corrected chi connectivity index (χ2v) is 9.57. The van der Waals surface area contributed by atoms with Crippen LogP contribution >= 0.6 is 31.9 Å². The topological polar surface area (TPSA) is 24.7 Å². The van der Waals surface area contributed by atoms with Crippen molar-refractivity contribution in [3.05, 3.63) is 91.1 Å². The van der Waals surface area contributed by atoms with E-state index in [4.69, 9.17) is 9.98 Å². The van der Waals surface area contributed by atoms with Crippen molar-refractivity contribution >= 4 is 43.3 Å². The molecule has 2 aromatic carbocycles. The van der Waals surface area contributed by atoms with Crippen molar-refractivity contribution in [1.29, 1.82) is 0 Å². The largest absolute Gasteiger partial charge is 0.251 e. The van der Waals surface area contributed by atoms with Gasteiger partial charge in [-0.1, -0.05) is 89.2 Å². The Morgan fingerprint density at radius 1 is 0.633 bits per heavy atom. The molecule has 2 nitrogen and oxygen atoms in total. The second-order valence-electron chi connectivity index (χ2n) is 7.74. The predicted molar refractivity (Wildman–Crippen MR) is 134 cm³/mol. The van der Waals surface area contributed by atoms with Gasteiger partial charge in [0, 0.05) is 31.2 Å². The number of unbranched alkanes of at least 4 members (excludes halogenated alkanes) is 3. The number of nitrogens with zero attached hydrogens (tertiary/aromatic N) is 2. The Kier molecular flexibility index (Phi) is 6.84. The molecular weight excluding hydrogens is 500 g/mol. The SMILES string of the molecule is CCCCCCC1=C2C(c3ccc(Br)cc3)=NC(CC)=C2C(c2ccc(Br)cc2)=N1. The van der Waals surface area contributed by atoms with Crippen LogP contribution in [0.25, 0.3) is 0 Å². The number of fused-ring (bicyclic) bond motifs is 1. The van der Waals surface area contributed by atoms with E-state index in [-0.39, 0.29) is 0 Å². The van der Waals surface area contributed by atoms with Gasteiger partial charge in [-0.2, -0.15) is 0 Å². The highest BCUT2D eigenvalue weighted by atomic mass is 79.9. The Balaban J connectivity index is 1.77. The van der Waals surface area contributed by atoms with Crippen LogP contribution in [-0.4, -0.2) is 11.4 Å². The first-order chi connectivity index (χ1) is 14.6. The molecule has 2 heterocycles. The van der Waals surface area contributed by atoms with Crippen molar-refractivity contribution in [2.75, 3.05) is 0 Å². The van der Waals surface area contributed by atoms with E-state index in [0.29, 0.717) is 0 Å². The minimum absolute atomic E-state index is 0.900. The summed E-state index contributed by atoms with van der Waals surface area (Å²) >= 11 is 7.11. The van der Waals surface area contributed by atoms with Crippen molar-refractivity contribution in [3.63, 3.8) is 0 Å². The van der Waals surface area contributed by atoms with Gasteiger partial charge in [0.25, 0.3) is 0 Å². The third-order valence-electron chi connectivity index (χ3n) is 5.63. The fraction of sp³-hybridized carbons (Fsp3) is 0.308. The van der Waals surface area contributed by atoms with Crippen LogP contribution in [0, 0.1) is 0 Å². The van der Waals surface area contributed by atoms with Crippen LogP contribution in [0.3, 0.4) is 0 Å². The average molecular weight is 526 g/mol. The van der Waals surface area contributed by atoms with Gasteiger partial charge in [0.05, 0.1) is 22.8 Å². The Morgan fingerprint density at radius 3 is 1.63 bits per heavy atom. The molecule has 30 heavy (non-hydrogen) atoms. The lowest BCUT2D eigenvalue weighted by molar-refractivity contribution is 0.662. The molecule has 2 aliphatic heterocycles. The van der Waals surface area contributed by atoms with Crippen molar-refractivity contribution in [3.8, 4) is 0 Å². The molecule has 0 fully saturated rings. The van der Waals surface area contributed by atoms with Gasteiger partial charge in [-0.05, 0) is 43.5 Å². The highest BCUT2D eigenvalue weighted by Crippen LogP contribution is 2.41. The number of benzene rings is 2. The molecule has 0 bridgehead atoms. The maximum absolute atomic E-state index is 5.19. The summed E-state index contributed by atoms with van der Waals surface area (Å²) in [6, 6.07) is 17.0. The van der Waals surface area contributed by atoms with Crippen LogP contribution in [0.2, 0.25) is 0 Å². The summed E-state index contributed by atoms with van der Waals surface area (Å²) in [7, 11) is 0. The van der Waals surface area contributed by atoms with Gasteiger partial charge in [0.15, 0.2) is 0 Å². The molecule has 0 unspecified atom stereocenters. The van der Waals surface area contributed by atoms with Gasteiger partial charge in [0.1, 0.15) is 0 Å². The number of allylic oxidation sites excluding steroid dienone is 4. The Morgan fingerprint density at radius 2 is 1.13 bits per heavy atom. The normalized spacial score (nSPS) is 15.6. The van der Waals surface area contributed by atoms with Gasteiger partial charge in [-0.15, -0.1) is 0 Å². The summed E-state index contributed by atoms with van der Waals surface area (Å²) in [5.74, 6) is 0. The van der Waals surface area contributed by atoms with Gasteiger partial charge in [0.2, 0.25) is 0 Å². The van der Waals surface area contributed by atoms with Gasteiger partial charge >= 0.3 is 0 Å². The lowest BCUT2D eigenvalue weighted by Gasteiger charge is -2.08. The molecule has 4 heteroatoms. The molecule has 2 aromatic rings. The molecule has 0 amide bonds. The molecule has 0 saturated carbocycles. The Hall–Kier alpha value is -1.78. The summed E-state index contributed by atoms with van der Waals surface area (Å²) in [4.78, 5) is 10.3. The second kappa shape index (κ2) is 9.57. The van der Waals surface area contributed by atoms with E-state index in [1.165, 1.54) is 42.5 Å². The fourth-order valence-corrected chi connectivity index (χ4v) is 4.61. The van der Waals surface area contributed by atoms with E-state index >= 15 is 0 Å². The predicted octanol–water partition coefficient (Wildman–Crippen LogP) is 8.41. The molecule has 154 valence electrons. The number of rotatable bonds is 8. The van der Waals surface area contributed by atoms with Gasteiger partial charge in [-0.25, -0.2) is 0 Å². The van der Waals surface area contributed by atoms with E-state index in [0.717, 1.165) is 50.0 Å². The highest BCUT2D eigenvalue weighted by molar-refractivity contribution is 9.10. The monoisotopic (exact) mass is 524 g/mol. The standard InChI is InChI=1S/C26H26Br2N2/c1-3-5-6-7-8-22-24-23(25(30-22)17-9-13-19(27)14-10-17)21(4-2)29-26(24)18-11-15-20(28)16-12-18/h9-16H,3-8H2,1-2H3. The van der Waals surface area contributed by atoms with Crippen molar-refractivity contribution in [1.82, 2.24) is 0 Å². The summed E-state index contributed by atoms with van der Waals surface area (Å²) in [6.07, 6.45) is 6.86. The summed E-state index contributed by atoms with van der Waals surface area (Å²) in [6.45, 7) is 4.44. The molecule has 0 aromatic heterocycles. The van der Waals surface area contributed by atoms with E-state index in [2.05, 4.69) is 94.2 Å². The summed E-state index contributed by atoms with van der Waals surface area (Å²) in [5.41, 5.74) is 9.32. The van der Waals surface area contributed by atoms with Crippen molar-refractivity contribution < 1.29 is 0 Å². The third-order valence-corrected chi connectivity index (χ3v) is 6.69. The smallest absolute Gasteiger partial charge is 0.0803 e.